The molecule has 6 heteroatoms. The van der Waals surface area contributed by atoms with E-state index in [-0.39, 0.29) is 15.7 Å². The molecule has 1 aromatic heterocycles. The van der Waals surface area contributed by atoms with Crippen LogP contribution in [0.1, 0.15) is 26.6 Å². The molecule has 0 fully saturated rings. The van der Waals surface area contributed by atoms with Gasteiger partial charge in [0.15, 0.2) is 0 Å². The molecule has 96 valence electrons. The Morgan fingerprint density at radius 1 is 1.17 bits per heavy atom. The second-order valence-electron chi connectivity index (χ2n) is 4.97. The minimum absolute atomic E-state index is 0.202. The normalized spacial score (nSPS) is 11.9. The van der Waals surface area contributed by atoms with Crippen LogP contribution in [0.2, 0.25) is 10.3 Å². The van der Waals surface area contributed by atoms with Gasteiger partial charge in [-0.2, -0.15) is 0 Å². The smallest absolute Gasteiger partial charge is 0.229 e. The molecule has 0 radical (unpaired) electrons. The fraction of sp³-hybridized carbons (Fsp3) is 0.333. The fourth-order valence-electron chi connectivity index (χ4n) is 1.63. The van der Waals surface area contributed by atoms with Gasteiger partial charge in [-0.15, -0.1) is 10.2 Å². The molecule has 0 unspecified atom stereocenters. The van der Waals surface area contributed by atoms with E-state index in [1.165, 1.54) is 12.1 Å². The maximum absolute atomic E-state index is 13.1. The van der Waals surface area contributed by atoms with Crippen LogP contribution >= 0.6 is 23.2 Å². The van der Waals surface area contributed by atoms with Crippen LogP contribution in [0.4, 0.5) is 4.39 Å². The van der Waals surface area contributed by atoms with E-state index in [9.17, 15) is 4.39 Å². The van der Waals surface area contributed by atoms with Crippen molar-refractivity contribution < 1.29 is 4.39 Å². The highest BCUT2D eigenvalue weighted by molar-refractivity contribution is 6.33. The van der Waals surface area contributed by atoms with Crippen LogP contribution in [-0.4, -0.2) is 14.8 Å². The third-order valence-electron chi connectivity index (χ3n) is 2.45. The van der Waals surface area contributed by atoms with E-state index in [0.717, 1.165) is 0 Å². The molecule has 0 aliphatic heterocycles. The molecule has 0 bridgehead atoms. The number of hydrogen-bond donors (Lipinski definition) is 0. The zero-order valence-corrected chi connectivity index (χ0v) is 11.7. The van der Waals surface area contributed by atoms with Gasteiger partial charge >= 0.3 is 0 Å². The second-order valence-corrected chi connectivity index (χ2v) is 5.72. The quantitative estimate of drug-likeness (QED) is 0.793. The standard InChI is InChI=1S/C12H12Cl2FN3/c1-12(2,3)10-16-17-11(14)18(10)9-5-4-7(15)6-8(9)13/h4-6H,1-3H3. The molecule has 0 amide bonds. The fourth-order valence-corrected chi connectivity index (χ4v) is 2.09. The number of rotatable bonds is 1. The summed E-state index contributed by atoms with van der Waals surface area (Å²) in [5.41, 5.74) is 0.315. The van der Waals surface area contributed by atoms with Gasteiger partial charge < -0.3 is 0 Å². The van der Waals surface area contributed by atoms with Gasteiger partial charge in [-0.1, -0.05) is 32.4 Å². The molecule has 2 rings (SSSR count). The third-order valence-corrected chi connectivity index (χ3v) is 2.99. The van der Waals surface area contributed by atoms with Crippen LogP contribution in [-0.2, 0) is 5.41 Å². The van der Waals surface area contributed by atoms with Gasteiger partial charge in [0.25, 0.3) is 0 Å². The lowest BCUT2D eigenvalue weighted by molar-refractivity contribution is 0.533. The van der Waals surface area contributed by atoms with Gasteiger partial charge in [0.1, 0.15) is 11.6 Å². The molecule has 1 heterocycles. The summed E-state index contributed by atoms with van der Waals surface area (Å²) in [6, 6.07) is 4.12. The highest BCUT2D eigenvalue weighted by atomic mass is 35.5. The number of halogens is 3. The van der Waals surface area contributed by atoms with Crippen molar-refractivity contribution in [1.82, 2.24) is 14.8 Å². The summed E-state index contributed by atoms with van der Waals surface area (Å²) in [7, 11) is 0. The Morgan fingerprint density at radius 2 is 1.83 bits per heavy atom. The van der Waals surface area contributed by atoms with E-state index in [1.54, 1.807) is 10.6 Å². The number of nitrogens with zero attached hydrogens (tertiary/aromatic N) is 3. The van der Waals surface area contributed by atoms with Crippen LogP contribution in [0.15, 0.2) is 18.2 Å². The van der Waals surface area contributed by atoms with E-state index in [1.807, 2.05) is 20.8 Å². The monoisotopic (exact) mass is 287 g/mol. The highest BCUT2D eigenvalue weighted by Gasteiger charge is 2.25. The zero-order valence-electron chi connectivity index (χ0n) is 10.2. The first-order valence-corrected chi connectivity index (χ1v) is 6.13. The Labute approximate surface area is 115 Å². The van der Waals surface area contributed by atoms with Gasteiger partial charge in [0.05, 0.1) is 10.7 Å². The summed E-state index contributed by atoms with van der Waals surface area (Å²) < 4.78 is 14.7. The molecule has 3 nitrogen and oxygen atoms in total. The Balaban J connectivity index is 2.67. The summed E-state index contributed by atoms with van der Waals surface area (Å²) in [5.74, 6) is 0.270. The summed E-state index contributed by atoms with van der Waals surface area (Å²) in [4.78, 5) is 0. The molecule has 0 aliphatic rings. The predicted molar refractivity (Wildman–Crippen MR) is 70.0 cm³/mol. The van der Waals surface area contributed by atoms with E-state index >= 15 is 0 Å². The number of hydrogen-bond acceptors (Lipinski definition) is 2. The van der Waals surface area contributed by atoms with Crippen LogP contribution in [0.3, 0.4) is 0 Å². The predicted octanol–water partition coefficient (Wildman–Crippen LogP) is 4.01. The molecule has 0 N–H and O–H groups in total. The first kappa shape index (κ1) is 13.3. The van der Waals surface area contributed by atoms with E-state index in [4.69, 9.17) is 23.2 Å². The van der Waals surface area contributed by atoms with E-state index in [0.29, 0.717) is 11.5 Å². The molecule has 0 aliphatic carbocycles. The maximum Gasteiger partial charge on any atom is 0.229 e. The SMILES string of the molecule is CC(C)(C)c1nnc(Cl)n1-c1ccc(F)cc1Cl. The van der Waals surface area contributed by atoms with Crippen LogP contribution in [0.25, 0.3) is 5.69 Å². The minimum Gasteiger partial charge on any atom is -0.268 e. The summed E-state index contributed by atoms with van der Waals surface area (Å²) >= 11 is 12.1. The summed E-state index contributed by atoms with van der Waals surface area (Å²) in [6.45, 7) is 5.96. The topological polar surface area (TPSA) is 30.7 Å². The van der Waals surface area contributed by atoms with Crippen molar-refractivity contribution >= 4 is 23.2 Å². The van der Waals surface area contributed by atoms with Crippen molar-refractivity contribution in [1.29, 1.82) is 0 Å². The van der Waals surface area contributed by atoms with Crippen LogP contribution < -0.4 is 0 Å². The molecule has 2 aromatic rings. The zero-order chi connectivity index (χ0) is 13.5. The second kappa shape index (κ2) is 4.52. The third kappa shape index (κ3) is 2.35. The van der Waals surface area contributed by atoms with E-state index < -0.39 is 5.82 Å². The van der Waals surface area contributed by atoms with Crippen molar-refractivity contribution in [2.75, 3.05) is 0 Å². The molecule has 0 saturated carbocycles. The van der Waals surface area contributed by atoms with E-state index in [2.05, 4.69) is 10.2 Å². The minimum atomic E-state index is -0.398. The maximum atomic E-state index is 13.1. The van der Waals surface area contributed by atoms with Crippen molar-refractivity contribution in [2.45, 2.75) is 26.2 Å². The van der Waals surface area contributed by atoms with Gasteiger partial charge in [-0.3, -0.25) is 4.57 Å². The molecular weight excluding hydrogens is 276 g/mol. The first-order valence-electron chi connectivity index (χ1n) is 5.37. The molecular formula is C12H12Cl2FN3. The highest BCUT2D eigenvalue weighted by Crippen LogP contribution is 2.30. The molecule has 18 heavy (non-hydrogen) atoms. The van der Waals surface area contributed by atoms with Gasteiger partial charge in [-0.05, 0) is 29.8 Å². The first-order chi connectivity index (χ1) is 8.30. The average Bonchev–Trinajstić information content (AvgIpc) is 2.60. The molecule has 1 aromatic carbocycles. The lowest BCUT2D eigenvalue weighted by Crippen LogP contribution is -2.18. The van der Waals surface area contributed by atoms with Crippen LogP contribution in [0, 0.1) is 5.82 Å². The lowest BCUT2D eigenvalue weighted by Gasteiger charge is -2.19. The summed E-state index contributed by atoms with van der Waals surface area (Å²) in [5, 5.41) is 8.37. The average molecular weight is 288 g/mol. The van der Waals surface area contributed by atoms with Gasteiger partial charge in [0, 0.05) is 5.41 Å². The summed E-state index contributed by atoms with van der Waals surface area (Å²) in [6.07, 6.45) is 0. The Morgan fingerprint density at radius 3 is 2.39 bits per heavy atom. The van der Waals surface area contributed by atoms with Crippen molar-refractivity contribution in [3.05, 3.63) is 40.1 Å². The Hall–Kier alpha value is -1.13. The van der Waals surface area contributed by atoms with Crippen molar-refractivity contribution in [2.24, 2.45) is 0 Å². The number of aromatic nitrogens is 3. The Bertz CT molecular complexity index is 587. The van der Waals surface area contributed by atoms with Gasteiger partial charge in [-0.25, -0.2) is 4.39 Å². The van der Waals surface area contributed by atoms with Crippen molar-refractivity contribution in [3.8, 4) is 5.69 Å². The van der Waals surface area contributed by atoms with Crippen molar-refractivity contribution in [3.63, 3.8) is 0 Å². The van der Waals surface area contributed by atoms with Gasteiger partial charge in [0.2, 0.25) is 5.28 Å². The Kier molecular flexibility index (Phi) is 3.34. The number of benzene rings is 1. The molecule has 0 saturated heterocycles. The van der Waals surface area contributed by atoms with Crippen LogP contribution in [0.5, 0.6) is 0 Å². The largest absolute Gasteiger partial charge is 0.268 e. The molecule has 0 atom stereocenters. The lowest BCUT2D eigenvalue weighted by atomic mass is 9.95. The molecule has 0 spiro atoms.